The maximum absolute atomic E-state index is 15.0. The minimum atomic E-state index is -1.59. The number of carbonyl (C=O) groups is 3. The Labute approximate surface area is 241 Å². The van der Waals surface area contributed by atoms with Crippen LogP contribution in [-0.4, -0.2) is 28.4 Å². The van der Waals surface area contributed by atoms with E-state index < -0.39 is 35.1 Å². The molecule has 0 aliphatic carbocycles. The maximum Gasteiger partial charge on any atom is 0.238 e. The smallest absolute Gasteiger partial charge is 0.238 e. The summed E-state index contributed by atoms with van der Waals surface area (Å²) in [7, 11) is 0. The van der Waals surface area contributed by atoms with Gasteiger partial charge in [-0.3, -0.25) is 14.4 Å². The summed E-state index contributed by atoms with van der Waals surface area (Å²) in [6.45, 7) is 1.92. The highest BCUT2D eigenvalue weighted by Gasteiger charge is 2.70. The van der Waals surface area contributed by atoms with Crippen LogP contribution in [-0.2, 0) is 10.2 Å². The van der Waals surface area contributed by atoms with Gasteiger partial charge in [0, 0.05) is 28.0 Å². The lowest BCUT2D eigenvalue weighted by molar-refractivity contribution is -0.122. The summed E-state index contributed by atoms with van der Waals surface area (Å²) >= 11 is 6.13. The van der Waals surface area contributed by atoms with E-state index in [2.05, 4.69) is 5.32 Å². The van der Waals surface area contributed by atoms with Crippen molar-refractivity contribution >= 4 is 40.8 Å². The Kier molecular flexibility index (Phi) is 5.73. The Balaban J connectivity index is 1.55. The van der Waals surface area contributed by atoms with Gasteiger partial charge < -0.3 is 10.2 Å². The number of carbonyl (C=O) groups excluding carboxylic acids is 3. The number of hydrogen-bond acceptors (Lipinski definition) is 4. The van der Waals surface area contributed by atoms with Crippen LogP contribution in [0.25, 0.3) is 6.08 Å². The van der Waals surface area contributed by atoms with Gasteiger partial charge in [-0.2, -0.15) is 0 Å². The monoisotopic (exact) mass is 562 g/mol. The molecule has 3 heterocycles. The van der Waals surface area contributed by atoms with Crippen molar-refractivity contribution in [1.29, 1.82) is 0 Å². The van der Waals surface area contributed by atoms with Crippen molar-refractivity contribution in [3.63, 3.8) is 0 Å². The summed E-state index contributed by atoms with van der Waals surface area (Å²) in [5, 5.41) is 3.41. The Hall–Kier alpha value is -4.55. The first kappa shape index (κ1) is 25.4. The van der Waals surface area contributed by atoms with E-state index >= 15 is 0 Å². The van der Waals surface area contributed by atoms with Gasteiger partial charge in [0.2, 0.25) is 5.91 Å². The number of benzene rings is 4. The molecule has 1 unspecified atom stereocenters. The minimum absolute atomic E-state index is 0.323. The molecule has 1 spiro atoms. The molecule has 1 fully saturated rings. The first-order valence-corrected chi connectivity index (χ1v) is 13.7. The second kappa shape index (κ2) is 9.25. The highest BCUT2D eigenvalue weighted by molar-refractivity contribution is 6.30. The van der Waals surface area contributed by atoms with Crippen LogP contribution in [0.3, 0.4) is 0 Å². The van der Waals surface area contributed by atoms with Crippen LogP contribution in [0.5, 0.6) is 0 Å². The Morgan fingerprint density at radius 1 is 0.902 bits per heavy atom. The molecule has 3 aliphatic heterocycles. The van der Waals surface area contributed by atoms with E-state index in [9.17, 15) is 18.8 Å². The van der Waals surface area contributed by atoms with E-state index in [-0.39, 0.29) is 11.6 Å². The molecule has 1 amide bonds. The van der Waals surface area contributed by atoms with Gasteiger partial charge in [-0.15, -0.1) is 0 Å². The Bertz CT molecular complexity index is 1780. The second-order valence-electron chi connectivity index (χ2n) is 10.8. The van der Waals surface area contributed by atoms with Crippen LogP contribution in [0.2, 0.25) is 5.02 Å². The topological polar surface area (TPSA) is 66.5 Å². The first-order valence-electron chi connectivity index (χ1n) is 13.4. The number of nitrogens with zero attached hydrogens (tertiary/aromatic N) is 1. The number of ketones is 2. The lowest BCUT2D eigenvalue weighted by Gasteiger charge is -2.38. The summed E-state index contributed by atoms with van der Waals surface area (Å²) in [4.78, 5) is 45.4. The molecule has 5 nitrogen and oxygen atoms in total. The van der Waals surface area contributed by atoms with Crippen molar-refractivity contribution in [2.45, 2.75) is 24.4 Å². The second-order valence-corrected chi connectivity index (χ2v) is 11.3. The lowest BCUT2D eigenvalue weighted by atomic mass is 9.62. The molecule has 202 valence electrons. The molecule has 7 rings (SSSR count). The molecular weight excluding hydrogens is 539 g/mol. The Morgan fingerprint density at radius 2 is 1.59 bits per heavy atom. The third-order valence-electron chi connectivity index (χ3n) is 8.64. The standard InChI is InChI=1S/C34H24ClFN2O3/c1-19-6-8-21(9-7-19)30(39)28-29(31(40)22-10-12-23(35)13-11-22)38-17-16-20-4-2-3-5-25(20)32(38)34(28)26-18-24(36)14-15-27(26)37-33(34)41/h2-18,28-29,32H,1H3,(H,37,41)/t28-,29-,32?,34-/m0/s1. The van der Waals surface area contributed by atoms with Crippen LogP contribution in [0.4, 0.5) is 10.1 Å². The fourth-order valence-electron chi connectivity index (χ4n) is 6.86. The van der Waals surface area contributed by atoms with Gasteiger partial charge in [-0.05, 0) is 72.2 Å². The number of amides is 1. The summed E-state index contributed by atoms with van der Waals surface area (Å²) in [5.74, 6) is -2.81. The van der Waals surface area contributed by atoms with Crippen LogP contribution in [0, 0.1) is 18.7 Å². The molecule has 41 heavy (non-hydrogen) atoms. The van der Waals surface area contributed by atoms with E-state index in [0.717, 1.165) is 16.7 Å². The number of fused-ring (bicyclic) bond motifs is 6. The SMILES string of the molecule is Cc1ccc(C(=O)[C@@H]2[C@@H](C(=O)c3ccc(Cl)cc3)N3C=Cc4ccccc4C3[C@@]23C(=O)Nc2ccc(F)cc23)cc1. The molecule has 4 aromatic carbocycles. The molecule has 0 aromatic heterocycles. The fraction of sp³-hybridized carbons (Fsp3) is 0.147. The Morgan fingerprint density at radius 3 is 2.34 bits per heavy atom. The molecule has 4 aromatic rings. The number of Topliss-reactive ketones (excluding diaryl/α,β-unsaturated/α-hetero) is 2. The van der Waals surface area contributed by atoms with Crippen molar-refractivity contribution in [3.8, 4) is 0 Å². The van der Waals surface area contributed by atoms with Crippen molar-refractivity contribution < 1.29 is 18.8 Å². The summed E-state index contributed by atoms with van der Waals surface area (Å²) < 4.78 is 15.0. The van der Waals surface area contributed by atoms with Crippen molar-refractivity contribution in [3.05, 3.63) is 141 Å². The van der Waals surface area contributed by atoms with Gasteiger partial charge in [0.1, 0.15) is 17.3 Å². The average Bonchev–Trinajstić information content (AvgIpc) is 3.45. The van der Waals surface area contributed by atoms with Gasteiger partial charge in [0.15, 0.2) is 11.6 Å². The van der Waals surface area contributed by atoms with Crippen LogP contribution in [0.1, 0.15) is 49.0 Å². The van der Waals surface area contributed by atoms with E-state index in [1.807, 2.05) is 54.3 Å². The van der Waals surface area contributed by atoms with E-state index in [1.54, 1.807) is 42.6 Å². The number of nitrogens with one attached hydrogen (secondary N) is 1. The quantitative estimate of drug-likeness (QED) is 0.279. The molecule has 1 saturated heterocycles. The predicted octanol–water partition coefficient (Wildman–Crippen LogP) is 6.77. The largest absolute Gasteiger partial charge is 0.358 e. The number of halogens is 2. The number of anilines is 1. The van der Waals surface area contributed by atoms with Gasteiger partial charge >= 0.3 is 0 Å². The average molecular weight is 563 g/mol. The summed E-state index contributed by atoms with van der Waals surface area (Å²) in [5.41, 5.74) is 2.58. The zero-order valence-corrected chi connectivity index (χ0v) is 22.7. The molecule has 7 heteroatoms. The van der Waals surface area contributed by atoms with Crippen LogP contribution in [0.15, 0.2) is 97.2 Å². The normalized spacial score (nSPS) is 23.6. The zero-order valence-electron chi connectivity index (χ0n) is 22.0. The third kappa shape index (κ3) is 3.64. The van der Waals surface area contributed by atoms with Gasteiger partial charge in [0.05, 0.1) is 12.0 Å². The number of aryl methyl sites for hydroxylation is 1. The summed E-state index contributed by atoms with van der Waals surface area (Å²) in [6, 6.07) is 23.5. The predicted molar refractivity (Wildman–Crippen MR) is 155 cm³/mol. The van der Waals surface area contributed by atoms with Gasteiger partial charge in [0.25, 0.3) is 0 Å². The first-order chi connectivity index (χ1) is 19.8. The van der Waals surface area contributed by atoms with Crippen LogP contribution >= 0.6 is 11.6 Å². The molecular formula is C34H24ClFN2O3. The fourth-order valence-corrected chi connectivity index (χ4v) is 6.99. The third-order valence-corrected chi connectivity index (χ3v) is 8.89. The molecule has 3 aliphatic rings. The molecule has 4 atom stereocenters. The van der Waals surface area contributed by atoms with E-state index in [4.69, 9.17) is 11.6 Å². The molecule has 0 bridgehead atoms. The van der Waals surface area contributed by atoms with Crippen molar-refractivity contribution in [1.82, 2.24) is 4.90 Å². The minimum Gasteiger partial charge on any atom is -0.358 e. The van der Waals surface area contributed by atoms with E-state index in [1.165, 1.54) is 18.2 Å². The highest BCUT2D eigenvalue weighted by atomic mass is 35.5. The van der Waals surface area contributed by atoms with Crippen LogP contribution < -0.4 is 5.32 Å². The summed E-state index contributed by atoms with van der Waals surface area (Å²) in [6.07, 6.45) is 3.68. The lowest BCUT2D eigenvalue weighted by Crippen LogP contribution is -2.49. The maximum atomic E-state index is 15.0. The van der Waals surface area contributed by atoms with E-state index in [0.29, 0.717) is 27.4 Å². The highest BCUT2D eigenvalue weighted by Crippen LogP contribution is 2.62. The van der Waals surface area contributed by atoms with Crippen molar-refractivity contribution in [2.24, 2.45) is 5.92 Å². The van der Waals surface area contributed by atoms with Gasteiger partial charge in [-0.1, -0.05) is 65.7 Å². The molecule has 0 radical (unpaired) electrons. The van der Waals surface area contributed by atoms with Crippen molar-refractivity contribution in [2.75, 3.05) is 5.32 Å². The molecule has 0 saturated carbocycles. The number of rotatable bonds is 4. The number of hydrogen-bond donors (Lipinski definition) is 1. The molecule has 1 N–H and O–H groups in total. The zero-order chi connectivity index (χ0) is 28.5. The van der Waals surface area contributed by atoms with Gasteiger partial charge in [-0.25, -0.2) is 4.39 Å².